The zero-order valence-electron chi connectivity index (χ0n) is 14.6. The van der Waals surface area contributed by atoms with Gasteiger partial charge in [0.05, 0.1) is 11.4 Å². The van der Waals surface area contributed by atoms with E-state index in [4.69, 9.17) is 0 Å². The lowest BCUT2D eigenvalue weighted by atomic mass is 10.2. The van der Waals surface area contributed by atoms with Crippen molar-refractivity contribution in [3.8, 4) is 11.4 Å². The van der Waals surface area contributed by atoms with Crippen molar-refractivity contribution in [2.45, 2.75) is 18.6 Å². The third-order valence-electron chi connectivity index (χ3n) is 3.57. The van der Waals surface area contributed by atoms with Crippen molar-refractivity contribution in [2.75, 3.05) is 11.1 Å². The highest BCUT2D eigenvalue weighted by molar-refractivity contribution is 7.99. The maximum absolute atomic E-state index is 12.2. The van der Waals surface area contributed by atoms with Crippen molar-refractivity contribution in [3.05, 3.63) is 48.9 Å². The number of nitrogens with zero attached hydrogens (tertiary/aromatic N) is 6. The van der Waals surface area contributed by atoms with Crippen molar-refractivity contribution in [1.29, 1.82) is 0 Å². The number of carbonyl (C=O) groups is 1. The molecular formula is C17H19N7OS. The molecule has 0 aliphatic rings. The first-order valence-electron chi connectivity index (χ1n) is 7.96. The summed E-state index contributed by atoms with van der Waals surface area (Å²) < 4.78 is 3.56. The molecule has 134 valence electrons. The second-order valence-corrected chi connectivity index (χ2v) is 6.52. The quantitative estimate of drug-likeness (QED) is 0.508. The standard InChI is InChI=1S/C17H19N7OS/c1-4-9-24-16(13-5-7-18-8-6-13)20-21-17(24)26-11-15(25)19-14-10-12(2)22-23(14)3/h4-8,10H,1,9,11H2,2-3H3,(H,19,25). The van der Waals surface area contributed by atoms with Gasteiger partial charge in [0.15, 0.2) is 11.0 Å². The van der Waals surface area contributed by atoms with Crippen LogP contribution in [0.5, 0.6) is 0 Å². The Morgan fingerprint density at radius 3 is 2.77 bits per heavy atom. The lowest BCUT2D eigenvalue weighted by molar-refractivity contribution is -0.113. The van der Waals surface area contributed by atoms with Crippen molar-refractivity contribution in [1.82, 2.24) is 29.5 Å². The number of aromatic nitrogens is 6. The van der Waals surface area contributed by atoms with Gasteiger partial charge < -0.3 is 5.32 Å². The number of rotatable bonds is 7. The van der Waals surface area contributed by atoms with Gasteiger partial charge in [0.2, 0.25) is 5.91 Å². The smallest absolute Gasteiger partial charge is 0.235 e. The molecule has 3 aromatic rings. The molecule has 0 radical (unpaired) electrons. The molecule has 0 aliphatic heterocycles. The summed E-state index contributed by atoms with van der Waals surface area (Å²) >= 11 is 1.33. The van der Waals surface area contributed by atoms with Crippen molar-refractivity contribution >= 4 is 23.5 Å². The van der Waals surface area contributed by atoms with Gasteiger partial charge in [0.1, 0.15) is 5.82 Å². The number of anilines is 1. The fourth-order valence-corrected chi connectivity index (χ4v) is 3.19. The first-order chi connectivity index (χ1) is 12.6. The van der Waals surface area contributed by atoms with Crippen molar-refractivity contribution in [2.24, 2.45) is 7.05 Å². The largest absolute Gasteiger partial charge is 0.310 e. The molecular weight excluding hydrogens is 350 g/mol. The summed E-state index contributed by atoms with van der Waals surface area (Å²) in [4.78, 5) is 16.3. The molecule has 3 aromatic heterocycles. The average Bonchev–Trinajstić information content (AvgIpc) is 3.17. The predicted molar refractivity (Wildman–Crippen MR) is 101 cm³/mol. The summed E-state index contributed by atoms with van der Waals surface area (Å²) in [5, 5.41) is 16.2. The fraction of sp³-hybridized carbons (Fsp3) is 0.235. The van der Waals surface area contributed by atoms with Crippen molar-refractivity contribution in [3.63, 3.8) is 0 Å². The normalized spacial score (nSPS) is 10.7. The summed E-state index contributed by atoms with van der Waals surface area (Å²) in [5.74, 6) is 1.47. The van der Waals surface area contributed by atoms with Crippen LogP contribution in [-0.4, -0.2) is 41.2 Å². The average molecular weight is 369 g/mol. The Balaban J connectivity index is 1.71. The second-order valence-electron chi connectivity index (χ2n) is 5.57. The number of nitrogens with one attached hydrogen (secondary N) is 1. The van der Waals surface area contributed by atoms with Crippen LogP contribution in [0.3, 0.4) is 0 Å². The monoisotopic (exact) mass is 369 g/mol. The van der Waals surface area contributed by atoms with Crippen LogP contribution in [0.15, 0.2) is 48.4 Å². The van der Waals surface area contributed by atoms with E-state index in [9.17, 15) is 4.79 Å². The summed E-state index contributed by atoms with van der Waals surface area (Å²) in [6.07, 6.45) is 5.19. The van der Waals surface area contributed by atoms with Crippen LogP contribution in [0, 0.1) is 6.92 Å². The highest BCUT2D eigenvalue weighted by Gasteiger charge is 2.15. The second kappa shape index (κ2) is 7.96. The van der Waals surface area contributed by atoms with E-state index < -0.39 is 0 Å². The molecule has 26 heavy (non-hydrogen) atoms. The van der Waals surface area contributed by atoms with E-state index in [1.54, 1.807) is 30.2 Å². The Morgan fingerprint density at radius 2 is 2.12 bits per heavy atom. The highest BCUT2D eigenvalue weighted by atomic mass is 32.2. The van der Waals surface area contributed by atoms with E-state index in [0.29, 0.717) is 17.5 Å². The van der Waals surface area contributed by atoms with E-state index in [1.807, 2.05) is 29.7 Å². The topological polar surface area (TPSA) is 90.5 Å². The van der Waals surface area contributed by atoms with Crippen LogP contribution >= 0.6 is 11.8 Å². The van der Waals surface area contributed by atoms with Crippen LogP contribution in [-0.2, 0) is 18.4 Å². The van der Waals surface area contributed by atoms with E-state index >= 15 is 0 Å². The Labute approximate surface area is 155 Å². The fourth-order valence-electron chi connectivity index (χ4n) is 2.44. The third-order valence-corrected chi connectivity index (χ3v) is 4.54. The van der Waals surface area contributed by atoms with Crippen LogP contribution in [0.1, 0.15) is 5.69 Å². The molecule has 0 unspecified atom stereocenters. The molecule has 3 rings (SSSR count). The molecule has 3 heterocycles. The molecule has 1 N–H and O–H groups in total. The zero-order chi connectivity index (χ0) is 18.5. The summed E-state index contributed by atoms with van der Waals surface area (Å²) in [6.45, 7) is 6.22. The molecule has 0 saturated carbocycles. The number of hydrogen-bond donors (Lipinski definition) is 1. The van der Waals surface area contributed by atoms with Gasteiger partial charge in [-0.05, 0) is 19.1 Å². The summed E-state index contributed by atoms with van der Waals surface area (Å²) in [5.41, 5.74) is 1.76. The molecule has 0 fully saturated rings. The van der Waals surface area contributed by atoms with Gasteiger partial charge in [-0.2, -0.15) is 5.10 Å². The maximum atomic E-state index is 12.2. The molecule has 0 saturated heterocycles. The van der Waals surface area contributed by atoms with Crippen LogP contribution < -0.4 is 5.32 Å². The van der Waals surface area contributed by atoms with E-state index in [2.05, 4.69) is 32.2 Å². The molecule has 0 bridgehead atoms. The minimum Gasteiger partial charge on any atom is -0.310 e. The zero-order valence-corrected chi connectivity index (χ0v) is 15.4. The van der Waals surface area contributed by atoms with Gasteiger partial charge in [-0.1, -0.05) is 17.8 Å². The first-order valence-corrected chi connectivity index (χ1v) is 8.95. The molecule has 1 amide bonds. The minimum absolute atomic E-state index is 0.128. The van der Waals surface area contributed by atoms with Gasteiger partial charge in [-0.15, -0.1) is 16.8 Å². The SMILES string of the molecule is C=CCn1c(SCC(=O)Nc2cc(C)nn2C)nnc1-c1ccncc1. The first kappa shape index (κ1) is 17.9. The Morgan fingerprint density at radius 1 is 1.35 bits per heavy atom. The summed E-state index contributed by atoms with van der Waals surface area (Å²) in [7, 11) is 1.79. The third kappa shape index (κ3) is 3.99. The van der Waals surface area contributed by atoms with Gasteiger partial charge in [0, 0.05) is 37.6 Å². The Kier molecular flexibility index (Phi) is 5.47. The van der Waals surface area contributed by atoms with E-state index in [-0.39, 0.29) is 11.7 Å². The maximum Gasteiger partial charge on any atom is 0.235 e. The molecule has 0 aromatic carbocycles. The minimum atomic E-state index is -0.128. The predicted octanol–water partition coefficient (Wildman–Crippen LogP) is 2.30. The number of allylic oxidation sites excluding steroid dienone is 1. The van der Waals surface area contributed by atoms with E-state index in [0.717, 1.165) is 17.1 Å². The molecule has 8 nitrogen and oxygen atoms in total. The van der Waals surface area contributed by atoms with Crippen molar-refractivity contribution < 1.29 is 4.79 Å². The number of pyridine rings is 1. The number of amides is 1. The van der Waals surface area contributed by atoms with E-state index in [1.165, 1.54) is 11.8 Å². The van der Waals surface area contributed by atoms with Crippen LogP contribution in [0.4, 0.5) is 5.82 Å². The lowest BCUT2D eigenvalue weighted by Crippen LogP contribution is -2.16. The Hall–Kier alpha value is -2.94. The molecule has 0 spiro atoms. The summed E-state index contributed by atoms with van der Waals surface area (Å²) in [6, 6.07) is 5.56. The number of carbonyl (C=O) groups excluding carboxylic acids is 1. The van der Waals surface area contributed by atoms with Crippen LogP contribution in [0.25, 0.3) is 11.4 Å². The highest BCUT2D eigenvalue weighted by Crippen LogP contribution is 2.23. The van der Waals surface area contributed by atoms with Gasteiger partial charge >= 0.3 is 0 Å². The number of aryl methyl sites for hydroxylation is 2. The lowest BCUT2D eigenvalue weighted by Gasteiger charge is -2.08. The van der Waals surface area contributed by atoms with Crippen LogP contribution in [0.2, 0.25) is 0 Å². The molecule has 9 heteroatoms. The molecule has 0 atom stereocenters. The van der Waals surface area contributed by atoms with Gasteiger partial charge in [-0.3, -0.25) is 19.0 Å². The van der Waals surface area contributed by atoms with Gasteiger partial charge in [0.25, 0.3) is 0 Å². The number of hydrogen-bond acceptors (Lipinski definition) is 6. The number of thioether (sulfide) groups is 1. The van der Waals surface area contributed by atoms with Gasteiger partial charge in [-0.25, -0.2) is 0 Å². The molecule has 0 aliphatic carbocycles. The Bertz CT molecular complexity index is 917.